The van der Waals surface area contributed by atoms with Gasteiger partial charge in [0.05, 0.1) is 19.8 Å². The highest BCUT2D eigenvalue weighted by atomic mass is 16.5. The molecule has 3 nitrogen and oxygen atoms in total. The second-order valence-corrected chi connectivity index (χ2v) is 3.63. The van der Waals surface area contributed by atoms with Gasteiger partial charge in [0.2, 0.25) is 0 Å². The summed E-state index contributed by atoms with van der Waals surface area (Å²) in [5.41, 5.74) is 2.06. The van der Waals surface area contributed by atoms with Gasteiger partial charge in [-0.3, -0.25) is 0 Å². The Morgan fingerprint density at radius 1 is 1.13 bits per heavy atom. The number of aliphatic hydroxyl groups excluding tert-OH is 1. The quantitative estimate of drug-likeness (QED) is 0.806. The average Bonchev–Trinajstić information content (AvgIpc) is 2.51. The highest BCUT2D eigenvalue weighted by molar-refractivity contribution is 5.47. The van der Waals surface area contributed by atoms with Crippen molar-refractivity contribution >= 4 is 0 Å². The van der Waals surface area contributed by atoms with Gasteiger partial charge in [0.25, 0.3) is 0 Å². The first-order valence-electron chi connectivity index (χ1n) is 5.37. The van der Waals surface area contributed by atoms with Crippen LogP contribution in [0.5, 0.6) is 11.5 Å². The number of aliphatic hydroxyl groups is 1. The van der Waals surface area contributed by atoms with E-state index < -0.39 is 0 Å². The minimum absolute atomic E-state index is 0.0554. The van der Waals surface area contributed by atoms with Crippen molar-refractivity contribution in [3.05, 3.63) is 23.3 Å². The molecule has 0 spiro atoms. The predicted molar refractivity (Wildman–Crippen MR) is 57.3 cm³/mol. The van der Waals surface area contributed by atoms with E-state index in [9.17, 15) is 5.11 Å². The lowest BCUT2D eigenvalue weighted by Gasteiger charge is -2.12. The van der Waals surface area contributed by atoms with Crippen LogP contribution in [0.2, 0.25) is 0 Å². The molecule has 2 rings (SSSR count). The molecule has 0 fully saturated rings. The summed E-state index contributed by atoms with van der Waals surface area (Å²) in [4.78, 5) is 0. The van der Waals surface area contributed by atoms with E-state index in [1.54, 1.807) is 0 Å². The van der Waals surface area contributed by atoms with Gasteiger partial charge >= 0.3 is 0 Å². The molecule has 15 heavy (non-hydrogen) atoms. The first-order valence-corrected chi connectivity index (χ1v) is 5.37. The lowest BCUT2D eigenvalue weighted by molar-refractivity contribution is 0.278. The Hall–Kier alpha value is -1.22. The van der Waals surface area contributed by atoms with Crippen LogP contribution in [0.1, 0.15) is 24.5 Å². The second-order valence-electron chi connectivity index (χ2n) is 3.63. The SMILES string of the molecule is CCc1cc2c(cc1CO)OCCCO2. The van der Waals surface area contributed by atoms with Gasteiger partial charge in [0.15, 0.2) is 11.5 Å². The molecule has 1 aromatic rings. The maximum absolute atomic E-state index is 9.23. The number of aryl methyl sites for hydroxylation is 1. The molecule has 1 aliphatic heterocycles. The number of benzene rings is 1. The lowest BCUT2D eigenvalue weighted by Crippen LogP contribution is -1.97. The van der Waals surface area contributed by atoms with E-state index in [0.29, 0.717) is 13.2 Å². The normalized spacial score (nSPS) is 14.8. The van der Waals surface area contributed by atoms with Gasteiger partial charge < -0.3 is 14.6 Å². The summed E-state index contributed by atoms with van der Waals surface area (Å²) in [7, 11) is 0. The van der Waals surface area contributed by atoms with Crippen LogP contribution in [0, 0.1) is 0 Å². The molecular formula is C12H16O3. The summed E-state index contributed by atoms with van der Waals surface area (Å²) in [6.07, 6.45) is 1.80. The summed E-state index contributed by atoms with van der Waals surface area (Å²) >= 11 is 0. The molecular weight excluding hydrogens is 192 g/mol. The molecule has 0 aromatic heterocycles. The maximum atomic E-state index is 9.23. The minimum atomic E-state index is 0.0554. The molecule has 0 radical (unpaired) electrons. The molecule has 1 N–H and O–H groups in total. The minimum Gasteiger partial charge on any atom is -0.490 e. The van der Waals surface area contributed by atoms with E-state index in [1.807, 2.05) is 12.1 Å². The molecule has 0 aliphatic carbocycles. The largest absolute Gasteiger partial charge is 0.490 e. The van der Waals surface area contributed by atoms with E-state index in [4.69, 9.17) is 9.47 Å². The molecule has 1 heterocycles. The third-order valence-electron chi connectivity index (χ3n) is 2.62. The first-order chi connectivity index (χ1) is 7.35. The van der Waals surface area contributed by atoms with Crippen LogP contribution in [0.4, 0.5) is 0 Å². The highest BCUT2D eigenvalue weighted by Crippen LogP contribution is 2.33. The van der Waals surface area contributed by atoms with Gasteiger partial charge in [-0.2, -0.15) is 0 Å². The molecule has 0 saturated carbocycles. The van der Waals surface area contributed by atoms with Crippen molar-refractivity contribution in [3.63, 3.8) is 0 Å². The van der Waals surface area contributed by atoms with Crippen LogP contribution in [-0.2, 0) is 13.0 Å². The monoisotopic (exact) mass is 208 g/mol. The Balaban J connectivity index is 2.41. The Kier molecular flexibility index (Phi) is 3.11. The summed E-state index contributed by atoms with van der Waals surface area (Å²) in [6.45, 7) is 3.51. The Bertz CT molecular complexity index is 314. The standard InChI is InChI=1S/C12H16O3/c1-2-9-6-11-12(7-10(9)8-13)15-5-3-4-14-11/h6-7,13H,2-5,8H2,1H3. The first kappa shape index (κ1) is 10.3. The smallest absolute Gasteiger partial charge is 0.161 e. The van der Waals surface area contributed by atoms with Gasteiger partial charge in [-0.15, -0.1) is 0 Å². The number of fused-ring (bicyclic) bond motifs is 1. The van der Waals surface area contributed by atoms with Crippen molar-refractivity contribution in [3.8, 4) is 11.5 Å². The van der Waals surface area contributed by atoms with Crippen molar-refractivity contribution < 1.29 is 14.6 Å². The highest BCUT2D eigenvalue weighted by Gasteiger charge is 2.13. The van der Waals surface area contributed by atoms with Gasteiger partial charge in [-0.05, 0) is 29.7 Å². The molecule has 1 aromatic carbocycles. The summed E-state index contributed by atoms with van der Waals surface area (Å²) in [6, 6.07) is 3.87. The van der Waals surface area contributed by atoms with Gasteiger partial charge in [-0.1, -0.05) is 6.92 Å². The maximum Gasteiger partial charge on any atom is 0.161 e. The Morgan fingerprint density at radius 3 is 2.27 bits per heavy atom. The number of ether oxygens (including phenoxy) is 2. The van der Waals surface area contributed by atoms with Crippen molar-refractivity contribution in [2.75, 3.05) is 13.2 Å². The molecule has 3 heteroatoms. The van der Waals surface area contributed by atoms with E-state index in [1.165, 1.54) is 0 Å². The van der Waals surface area contributed by atoms with Crippen LogP contribution in [-0.4, -0.2) is 18.3 Å². The van der Waals surface area contributed by atoms with E-state index in [-0.39, 0.29) is 6.61 Å². The van der Waals surface area contributed by atoms with E-state index >= 15 is 0 Å². The topological polar surface area (TPSA) is 38.7 Å². The van der Waals surface area contributed by atoms with Crippen molar-refractivity contribution in [1.82, 2.24) is 0 Å². The molecule has 82 valence electrons. The van der Waals surface area contributed by atoms with Crippen LogP contribution in [0.25, 0.3) is 0 Å². The average molecular weight is 208 g/mol. The molecule has 0 amide bonds. The van der Waals surface area contributed by atoms with Crippen LogP contribution in [0.15, 0.2) is 12.1 Å². The number of rotatable bonds is 2. The molecule has 1 aliphatic rings. The second kappa shape index (κ2) is 4.53. The van der Waals surface area contributed by atoms with Crippen LogP contribution < -0.4 is 9.47 Å². The van der Waals surface area contributed by atoms with Crippen molar-refractivity contribution in [2.24, 2.45) is 0 Å². The third kappa shape index (κ3) is 2.07. The van der Waals surface area contributed by atoms with Gasteiger partial charge in [-0.25, -0.2) is 0 Å². The molecule has 0 unspecified atom stereocenters. The van der Waals surface area contributed by atoms with Crippen LogP contribution in [0.3, 0.4) is 0 Å². The van der Waals surface area contributed by atoms with Crippen molar-refractivity contribution in [2.45, 2.75) is 26.4 Å². The molecule has 0 atom stereocenters. The third-order valence-corrected chi connectivity index (χ3v) is 2.62. The Labute approximate surface area is 89.6 Å². The summed E-state index contributed by atoms with van der Waals surface area (Å²) in [5, 5.41) is 9.23. The summed E-state index contributed by atoms with van der Waals surface area (Å²) < 4.78 is 11.1. The molecule has 0 saturated heterocycles. The van der Waals surface area contributed by atoms with Gasteiger partial charge in [0, 0.05) is 6.42 Å². The number of hydrogen-bond donors (Lipinski definition) is 1. The van der Waals surface area contributed by atoms with E-state index in [0.717, 1.165) is 35.5 Å². The zero-order chi connectivity index (χ0) is 10.7. The van der Waals surface area contributed by atoms with Gasteiger partial charge in [0.1, 0.15) is 0 Å². The predicted octanol–water partition coefficient (Wildman–Crippen LogP) is 1.90. The fourth-order valence-electron chi connectivity index (χ4n) is 1.77. The lowest BCUT2D eigenvalue weighted by atomic mass is 10.0. The zero-order valence-corrected chi connectivity index (χ0v) is 8.95. The number of hydrogen-bond acceptors (Lipinski definition) is 3. The summed E-state index contributed by atoms with van der Waals surface area (Å²) in [5.74, 6) is 1.57. The Morgan fingerprint density at radius 2 is 1.73 bits per heavy atom. The molecule has 0 bridgehead atoms. The van der Waals surface area contributed by atoms with Crippen molar-refractivity contribution in [1.29, 1.82) is 0 Å². The fraction of sp³-hybridized carbons (Fsp3) is 0.500. The van der Waals surface area contributed by atoms with Crippen LogP contribution >= 0.6 is 0 Å². The fourth-order valence-corrected chi connectivity index (χ4v) is 1.77. The zero-order valence-electron chi connectivity index (χ0n) is 8.95. The van der Waals surface area contributed by atoms with E-state index in [2.05, 4.69) is 6.92 Å².